The molecular weight excluding hydrogens is 991 g/mol. The zero-order chi connectivity index (χ0) is 57.0. The van der Waals surface area contributed by atoms with Gasteiger partial charge >= 0.3 is 5.97 Å². The number of carbonyl (C=O) groups is 10. The summed E-state index contributed by atoms with van der Waals surface area (Å²) in [4.78, 5) is 141. The van der Waals surface area contributed by atoms with Crippen LogP contribution in [0.25, 0.3) is 0 Å². The van der Waals surface area contributed by atoms with E-state index in [1.807, 2.05) is 0 Å². The maximum absolute atomic E-state index is 14.3. The topological polar surface area (TPSA) is 426 Å². The maximum Gasteiger partial charge on any atom is 0.326 e. The number of aliphatic carboxylic acids is 1. The first-order chi connectivity index (χ1) is 35.8. The van der Waals surface area contributed by atoms with Gasteiger partial charge in [-0.2, -0.15) is 0 Å². The van der Waals surface area contributed by atoms with Gasteiger partial charge in [0.05, 0.1) is 19.1 Å². The molecule has 1 aromatic rings. The first kappa shape index (κ1) is 63.2. The number of rotatable bonds is 30. The van der Waals surface area contributed by atoms with E-state index in [4.69, 9.17) is 22.9 Å². The lowest BCUT2D eigenvalue weighted by Crippen LogP contribution is -2.61. The van der Waals surface area contributed by atoms with Crippen LogP contribution >= 0.6 is 0 Å². The van der Waals surface area contributed by atoms with Crippen LogP contribution in [0.5, 0.6) is 5.75 Å². The number of guanidine groups is 1. The minimum atomic E-state index is -1.66. The lowest BCUT2D eigenvalue weighted by molar-refractivity contribution is -0.144. The van der Waals surface area contributed by atoms with E-state index < -0.39 is 132 Å². The number of amides is 9. The summed E-state index contributed by atoms with van der Waals surface area (Å²) >= 11 is 0. The number of carbonyl (C=O) groups excluding carboxylic acids is 9. The molecule has 26 nitrogen and oxygen atoms in total. The lowest BCUT2D eigenvalue weighted by atomic mass is 9.96. The molecule has 0 unspecified atom stereocenters. The molecule has 17 N–H and O–H groups in total. The van der Waals surface area contributed by atoms with Crippen molar-refractivity contribution >= 4 is 65.1 Å². The number of nitrogens with zero attached hydrogens (tertiary/aromatic N) is 3. The second-order valence-corrected chi connectivity index (χ2v) is 20.4. The largest absolute Gasteiger partial charge is 0.508 e. The second kappa shape index (κ2) is 30.5. The van der Waals surface area contributed by atoms with Crippen molar-refractivity contribution < 1.29 is 63.3 Å². The molecule has 10 atom stereocenters. The minimum absolute atomic E-state index is 0.00736. The molecule has 76 heavy (non-hydrogen) atoms. The standard InChI is InChI=1S/C50H81N13O13/c1-7-28(6)40(48(74)63-20-10-13-38(63)46(72)58-34(24-39(52)66)43(69)59-35(49(75)76)22-27(4)5)61-44(70)36(25-64)60-42(68)33(21-26(2)3)57-41(67)32(11-8-18-55-50(53)54)56-45(71)37-12-9-19-62(37)47(73)31(51)23-29-14-16-30(65)17-15-29/h14-17,26-28,31-38,40,64-65H,7-13,18-25,51H2,1-6H3,(H2,52,66)(H,56,71)(H,57,67)(H,58,72)(H,59,69)(H,60,68)(H,61,70)(H,75,76)(H4,53,54,55)/t28-,31-,32-,33-,34-,35-,36-,37-,38-,40-/m0/s1. The molecule has 0 aliphatic carbocycles. The predicted octanol–water partition coefficient (Wildman–Crippen LogP) is -2.70. The molecule has 2 saturated heterocycles. The van der Waals surface area contributed by atoms with Crippen LogP contribution < -0.4 is 54.8 Å². The predicted molar refractivity (Wildman–Crippen MR) is 278 cm³/mol. The number of carboxylic acids is 1. The van der Waals surface area contributed by atoms with Crippen molar-refractivity contribution in [1.29, 1.82) is 0 Å². The second-order valence-electron chi connectivity index (χ2n) is 20.4. The van der Waals surface area contributed by atoms with E-state index in [1.54, 1.807) is 53.7 Å². The summed E-state index contributed by atoms with van der Waals surface area (Å²) in [6.07, 6.45) is 1.32. The Bertz CT molecular complexity index is 2230. The fourth-order valence-electron chi connectivity index (χ4n) is 9.03. The number of phenolic OH excluding ortho intramolecular Hbond substituents is 1. The normalized spacial score (nSPS) is 18.4. The number of likely N-dealkylation sites (tertiary alicyclic amines) is 2. The number of hydrogen-bond acceptors (Lipinski definition) is 14. The third kappa shape index (κ3) is 19.6. The summed E-state index contributed by atoms with van der Waals surface area (Å²) in [5.74, 6) is -9.60. The SMILES string of the molecule is CC[C@H](C)[C@H](NC(=O)[C@H](CO)NC(=O)[C@H](CC(C)C)NC(=O)[C@H](CCCN=C(N)N)NC(=O)[C@@H]1CCCN1C(=O)[C@@H](N)Cc1ccc(O)cc1)C(=O)N1CCC[C@H]1C(=O)N[C@@H](CC(N)=O)C(=O)N[C@@H](CC(C)C)C(=O)O. The Morgan fingerprint density at radius 3 is 1.67 bits per heavy atom. The molecule has 0 spiro atoms. The van der Waals surface area contributed by atoms with Crippen LogP contribution in [-0.2, 0) is 54.4 Å². The van der Waals surface area contributed by atoms with Gasteiger partial charge in [0.1, 0.15) is 54.1 Å². The van der Waals surface area contributed by atoms with E-state index in [9.17, 15) is 63.3 Å². The number of primary amides is 1. The number of aromatic hydroxyl groups is 1. The summed E-state index contributed by atoms with van der Waals surface area (Å²) in [5.41, 5.74) is 23.4. The molecule has 2 heterocycles. The first-order valence-electron chi connectivity index (χ1n) is 25.9. The molecule has 0 aromatic heterocycles. The van der Waals surface area contributed by atoms with Gasteiger partial charge in [0, 0.05) is 19.6 Å². The van der Waals surface area contributed by atoms with Crippen molar-refractivity contribution in [2.75, 3.05) is 26.2 Å². The average molecular weight is 1070 g/mol. The number of nitrogens with two attached hydrogens (primary N) is 4. The molecule has 26 heteroatoms. The van der Waals surface area contributed by atoms with Crippen LogP contribution in [-0.4, -0.2) is 171 Å². The van der Waals surface area contributed by atoms with Crippen molar-refractivity contribution in [3.05, 3.63) is 29.8 Å². The Kier molecular flexibility index (Phi) is 25.3. The summed E-state index contributed by atoms with van der Waals surface area (Å²) < 4.78 is 0. The van der Waals surface area contributed by atoms with E-state index in [2.05, 4.69) is 36.9 Å². The number of nitrogens with one attached hydrogen (secondary N) is 6. The highest BCUT2D eigenvalue weighted by Crippen LogP contribution is 2.23. The van der Waals surface area contributed by atoms with Gasteiger partial charge in [0.15, 0.2) is 5.96 Å². The number of phenols is 1. The van der Waals surface area contributed by atoms with Gasteiger partial charge in [-0.3, -0.25) is 48.1 Å². The van der Waals surface area contributed by atoms with E-state index in [0.29, 0.717) is 24.8 Å². The molecular formula is C50H81N13O13. The van der Waals surface area contributed by atoms with Crippen molar-refractivity contribution in [2.24, 2.45) is 45.7 Å². The summed E-state index contributed by atoms with van der Waals surface area (Å²) in [5, 5.41) is 45.1. The van der Waals surface area contributed by atoms with Gasteiger partial charge in [-0.25, -0.2) is 4.79 Å². The number of benzene rings is 1. The highest BCUT2D eigenvalue weighted by Gasteiger charge is 2.42. The molecule has 1 aromatic carbocycles. The van der Waals surface area contributed by atoms with Crippen molar-refractivity contribution in [2.45, 2.75) is 167 Å². The van der Waals surface area contributed by atoms with Gasteiger partial charge < -0.3 is 80.0 Å². The third-order valence-corrected chi connectivity index (χ3v) is 13.3. The maximum atomic E-state index is 14.3. The molecule has 0 bridgehead atoms. The van der Waals surface area contributed by atoms with E-state index in [0.717, 1.165) is 0 Å². The van der Waals surface area contributed by atoms with Crippen molar-refractivity contribution in [1.82, 2.24) is 41.7 Å². The van der Waals surface area contributed by atoms with Crippen LogP contribution in [0.3, 0.4) is 0 Å². The molecule has 2 aliphatic heterocycles. The average Bonchev–Trinajstić information content (AvgIpc) is 4.06. The van der Waals surface area contributed by atoms with Gasteiger partial charge in [0.25, 0.3) is 0 Å². The number of hydrogen-bond donors (Lipinski definition) is 13. The molecule has 2 aliphatic rings. The lowest BCUT2D eigenvalue weighted by Gasteiger charge is -2.33. The van der Waals surface area contributed by atoms with Crippen LogP contribution in [0, 0.1) is 17.8 Å². The van der Waals surface area contributed by atoms with E-state index >= 15 is 0 Å². The first-order valence-corrected chi connectivity index (χ1v) is 25.9. The Labute approximate surface area is 443 Å². The van der Waals surface area contributed by atoms with E-state index in [-0.39, 0.29) is 88.1 Å². The smallest absolute Gasteiger partial charge is 0.326 e. The Morgan fingerprint density at radius 2 is 1.16 bits per heavy atom. The van der Waals surface area contributed by atoms with Gasteiger partial charge in [0.2, 0.25) is 53.2 Å². The Morgan fingerprint density at radius 1 is 0.671 bits per heavy atom. The monoisotopic (exact) mass is 1070 g/mol. The van der Waals surface area contributed by atoms with Gasteiger partial charge in [-0.15, -0.1) is 0 Å². The number of aliphatic hydroxyl groups excluding tert-OH is 1. The molecule has 424 valence electrons. The fourth-order valence-corrected chi connectivity index (χ4v) is 9.03. The zero-order valence-electron chi connectivity index (χ0n) is 44.4. The molecule has 2 fully saturated rings. The molecule has 9 amide bonds. The van der Waals surface area contributed by atoms with Crippen molar-refractivity contribution in [3.8, 4) is 5.75 Å². The zero-order valence-corrected chi connectivity index (χ0v) is 44.4. The van der Waals surface area contributed by atoms with Crippen LogP contribution in [0.15, 0.2) is 29.3 Å². The molecule has 3 rings (SSSR count). The highest BCUT2D eigenvalue weighted by molar-refractivity contribution is 5.99. The number of aliphatic imine (C=N–C) groups is 1. The Hall–Kier alpha value is -7.09. The number of carboxylic acid groups (broad SMARTS) is 1. The highest BCUT2D eigenvalue weighted by atomic mass is 16.4. The summed E-state index contributed by atoms with van der Waals surface area (Å²) in [6, 6.07) is -5.41. The van der Waals surface area contributed by atoms with Gasteiger partial charge in [-0.1, -0.05) is 60.1 Å². The van der Waals surface area contributed by atoms with Crippen molar-refractivity contribution in [3.63, 3.8) is 0 Å². The number of aliphatic hydroxyl groups is 1. The quantitative estimate of drug-likeness (QED) is 0.0212. The fraction of sp³-hybridized carbons (Fsp3) is 0.660. The Balaban J connectivity index is 1.79. The molecule has 0 saturated carbocycles. The molecule has 0 radical (unpaired) electrons. The van der Waals surface area contributed by atoms with Crippen LogP contribution in [0.1, 0.15) is 111 Å². The van der Waals surface area contributed by atoms with E-state index in [1.165, 1.54) is 21.9 Å². The van der Waals surface area contributed by atoms with Gasteiger partial charge in [-0.05, 0) is 93.2 Å². The van der Waals surface area contributed by atoms with Crippen LogP contribution in [0.4, 0.5) is 0 Å². The summed E-state index contributed by atoms with van der Waals surface area (Å²) in [7, 11) is 0. The third-order valence-electron chi connectivity index (χ3n) is 13.3. The van der Waals surface area contributed by atoms with Crippen LogP contribution in [0.2, 0.25) is 0 Å². The summed E-state index contributed by atoms with van der Waals surface area (Å²) in [6.45, 7) is 9.91. The minimum Gasteiger partial charge on any atom is -0.508 e.